The van der Waals surface area contributed by atoms with Gasteiger partial charge in [0.1, 0.15) is 6.07 Å². The highest BCUT2D eigenvalue weighted by Gasteiger charge is 2.21. The maximum Gasteiger partial charge on any atom is 0.101 e. The molecule has 1 aromatic heterocycles. The summed E-state index contributed by atoms with van der Waals surface area (Å²) in [7, 11) is 0. The topological polar surface area (TPSA) is 42.8 Å². The molecule has 2 heterocycles. The van der Waals surface area contributed by atoms with Crippen LogP contribution in [-0.2, 0) is 0 Å². The molecule has 1 saturated heterocycles. The molecule has 0 atom stereocenters. The molecule has 1 aromatic carbocycles. The van der Waals surface area contributed by atoms with Crippen molar-refractivity contribution in [3.63, 3.8) is 0 Å². The van der Waals surface area contributed by atoms with E-state index in [1.165, 1.54) is 31.6 Å². The van der Waals surface area contributed by atoms with Crippen LogP contribution < -0.4 is 0 Å². The SMILES string of the molecule is CCN1CCC(c2cc3cccc(C#N)c3[nH]2)CC1. The summed E-state index contributed by atoms with van der Waals surface area (Å²) in [4.78, 5) is 5.98. The van der Waals surface area contributed by atoms with Crippen LogP contribution in [0.15, 0.2) is 24.3 Å². The molecule has 2 aromatic rings. The van der Waals surface area contributed by atoms with Crippen LogP contribution in [0.1, 0.15) is 36.9 Å². The summed E-state index contributed by atoms with van der Waals surface area (Å²) in [6.07, 6.45) is 2.42. The number of aromatic amines is 1. The first kappa shape index (κ1) is 12.3. The number of H-pyrrole nitrogens is 1. The van der Waals surface area contributed by atoms with Crippen LogP contribution in [0.3, 0.4) is 0 Å². The van der Waals surface area contributed by atoms with E-state index in [2.05, 4.69) is 35.0 Å². The van der Waals surface area contributed by atoms with Crippen LogP contribution in [0, 0.1) is 11.3 Å². The van der Waals surface area contributed by atoms with Crippen molar-refractivity contribution in [1.29, 1.82) is 5.26 Å². The Morgan fingerprint density at radius 2 is 2.16 bits per heavy atom. The molecule has 0 amide bonds. The highest BCUT2D eigenvalue weighted by molar-refractivity contribution is 5.85. The Morgan fingerprint density at radius 1 is 1.37 bits per heavy atom. The van der Waals surface area contributed by atoms with Gasteiger partial charge in [-0.3, -0.25) is 0 Å². The summed E-state index contributed by atoms with van der Waals surface area (Å²) in [5.74, 6) is 0.613. The Kier molecular flexibility index (Phi) is 3.27. The van der Waals surface area contributed by atoms with Gasteiger partial charge >= 0.3 is 0 Å². The van der Waals surface area contributed by atoms with Gasteiger partial charge in [0.25, 0.3) is 0 Å². The molecule has 0 bridgehead atoms. The molecule has 0 unspecified atom stereocenters. The van der Waals surface area contributed by atoms with Crippen LogP contribution in [0.5, 0.6) is 0 Å². The molecule has 1 aliphatic heterocycles. The summed E-state index contributed by atoms with van der Waals surface area (Å²) in [5, 5.41) is 10.3. The fourth-order valence-corrected chi connectivity index (χ4v) is 3.05. The first-order valence-electron chi connectivity index (χ1n) is 7.06. The molecular weight excluding hydrogens is 234 g/mol. The lowest BCUT2D eigenvalue weighted by atomic mass is 9.93. The van der Waals surface area contributed by atoms with Crippen molar-refractivity contribution in [2.45, 2.75) is 25.7 Å². The van der Waals surface area contributed by atoms with Crippen molar-refractivity contribution in [1.82, 2.24) is 9.88 Å². The largest absolute Gasteiger partial charge is 0.357 e. The summed E-state index contributed by atoms with van der Waals surface area (Å²) < 4.78 is 0. The monoisotopic (exact) mass is 253 g/mol. The van der Waals surface area contributed by atoms with E-state index >= 15 is 0 Å². The second kappa shape index (κ2) is 5.07. The minimum absolute atomic E-state index is 0.613. The van der Waals surface area contributed by atoms with E-state index in [1.807, 2.05) is 12.1 Å². The fourth-order valence-electron chi connectivity index (χ4n) is 3.05. The molecular formula is C16H19N3. The number of hydrogen-bond acceptors (Lipinski definition) is 2. The number of benzene rings is 1. The summed E-state index contributed by atoms with van der Waals surface area (Å²) in [6, 6.07) is 10.4. The van der Waals surface area contributed by atoms with Gasteiger partial charge in [-0.2, -0.15) is 5.26 Å². The molecule has 98 valence electrons. The quantitative estimate of drug-likeness (QED) is 0.892. The highest BCUT2D eigenvalue weighted by atomic mass is 15.1. The van der Waals surface area contributed by atoms with Crippen LogP contribution in [0.2, 0.25) is 0 Å². The van der Waals surface area contributed by atoms with E-state index in [1.54, 1.807) is 0 Å². The van der Waals surface area contributed by atoms with Crippen molar-refractivity contribution in [2.24, 2.45) is 0 Å². The zero-order valence-corrected chi connectivity index (χ0v) is 11.3. The molecule has 0 aliphatic carbocycles. The lowest BCUT2D eigenvalue weighted by molar-refractivity contribution is 0.221. The number of nitrogens with zero attached hydrogens (tertiary/aromatic N) is 2. The van der Waals surface area contributed by atoms with Gasteiger partial charge in [-0.15, -0.1) is 0 Å². The van der Waals surface area contributed by atoms with Gasteiger partial charge in [0.2, 0.25) is 0 Å². The Labute approximate surface area is 113 Å². The van der Waals surface area contributed by atoms with Gasteiger partial charge < -0.3 is 9.88 Å². The molecule has 0 spiro atoms. The third-order valence-corrected chi connectivity index (χ3v) is 4.27. The fraction of sp³-hybridized carbons (Fsp3) is 0.438. The van der Waals surface area contributed by atoms with Gasteiger partial charge in [-0.05, 0) is 44.6 Å². The van der Waals surface area contributed by atoms with Crippen molar-refractivity contribution in [3.8, 4) is 6.07 Å². The molecule has 0 saturated carbocycles. The van der Waals surface area contributed by atoms with Gasteiger partial charge in [0.15, 0.2) is 0 Å². The van der Waals surface area contributed by atoms with Crippen LogP contribution in [-0.4, -0.2) is 29.5 Å². The summed E-state index contributed by atoms with van der Waals surface area (Å²) >= 11 is 0. The highest BCUT2D eigenvalue weighted by Crippen LogP contribution is 2.30. The third-order valence-electron chi connectivity index (χ3n) is 4.27. The Hall–Kier alpha value is -1.79. The molecule has 3 nitrogen and oxygen atoms in total. The minimum Gasteiger partial charge on any atom is -0.357 e. The van der Waals surface area contributed by atoms with Gasteiger partial charge in [0, 0.05) is 17.0 Å². The van der Waals surface area contributed by atoms with Crippen molar-refractivity contribution in [2.75, 3.05) is 19.6 Å². The summed E-state index contributed by atoms with van der Waals surface area (Å²) in [6.45, 7) is 5.74. The normalized spacial score (nSPS) is 17.7. The number of fused-ring (bicyclic) bond motifs is 1. The van der Waals surface area contributed by atoms with E-state index in [9.17, 15) is 0 Å². The first-order valence-corrected chi connectivity index (χ1v) is 7.06. The zero-order valence-electron chi connectivity index (χ0n) is 11.3. The molecule has 1 fully saturated rings. The summed E-state index contributed by atoms with van der Waals surface area (Å²) in [5.41, 5.74) is 3.04. The van der Waals surface area contributed by atoms with E-state index in [0.29, 0.717) is 5.92 Å². The van der Waals surface area contributed by atoms with E-state index in [0.717, 1.165) is 23.0 Å². The van der Waals surface area contributed by atoms with Crippen molar-refractivity contribution >= 4 is 10.9 Å². The second-order valence-corrected chi connectivity index (χ2v) is 5.31. The Bertz CT molecular complexity index is 612. The maximum absolute atomic E-state index is 9.15. The number of hydrogen-bond donors (Lipinski definition) is 1. The zero-order chi connectivity index (χ0) is 13.2. The predicted octanol–water partition coefficient (Wildman–Crippen LogP) is 3.24. The lowest BCUT2D eigenvalue weighted by Gasteiger charge is -2.30. The molecule has 0 radical (unpaired) electrons. The molecule has 1 aliphatic rings. The Balaban J connectivity index is 1.88. The van der Waals surface area contributed by atoms with Crippen molar-refractivity contribution in [3.05, 3.63) is 35.5 Å². The molecule has 19 heavy (non-hydrogen) atoms. The van der Waals surface area contributed by atoms with E-state index in [-0.39, 0.29) is 0 Å². The molecule has 1 N–H and O–H groups in total. The van der Waals surface area contributed by atoms with Crippen molar-refractivity contribution < 1.29 is 0 Å². The minimum atomic E-state index is 0.613. The smallest absolute Gasteiger partial charge is 0.101 e. The standard InChI is InChI=1S/C16H19N3/c1-2-19-8-6-12(7-9-19)15-10-13-4-3-5-14(11-17)16(13)18-15/h3-5,10,12,18H,2,6-9H2,1H3. The number of likely N-dealkylation sites (tertiary alicyclic amines) is 1. The van der Waals surface area contributed by atoms with E-state index in [4.69, 9.17) is 5.26 Å². The second-order valence-electron chi connectivity index (χ2n) is 5.31. The van der Waals surface area contributed by atoms with Crippen LogP contribution >= 0.6 is 0 Å². The van der Waals surface area contributed by atoms with Gasteiger partial charge in [-0.1, -0.05) is 19.1 Å². The van der Waals surface area contributed by atoms with Crippen LogP contribution in [0.4, 0.5) is 0 Å². The molecule has 3 heteroatoms. The third kappa shape index (κ3) is 2.24. The lowest BCUT2D eigenvalue weighted by Crippen LogP contribution is -2.32. The average Bonchev–Trinajstić information content (AvgIpc) is 2.91. The number of aromatic nitrogens is 1. The predicted molar refractivity (Wildman–Crippen MR) is 77.1 cm³/mol. The number of nitrogens with one attached hydrogen (secondary N) is 1. The van der Waals surface area contributed by atoms with E-state index < -0.39 is 0 Å². The van der Waals surface area contributed by atoms with Gasteiger partial charge in [-0.25, -0.2) is 0 Å². The number of piperidine rings is 1. The Morgan fingerprint density at radius 3 is 2.84 bits per heavy atom. The molecule has 3 rings (SSSR count). The van der Waals surface area contributed by atoms with Gasteiger partial charge in [0.05, 0.1) is 11.1 Å². The average molecular weight is 253 g/mol. The number of nitriles is 1. The van der Waals surface area contributed by atoms with Crippen LogP contribution in [0.25, 0.3) is 10.9 Å². The first-order chi connectivity index (χ1) is 9.31. The maximum atomic E-state index is 9.15. The number of para-hydroxylation sites is 1. The number of rotatable bonds is 2.